The first-order valence-corrected chi connectivity index (χ1v) is 9.04. The van der Waals surface area contributed by atoms with Gasteiger partial charge in [0.05, 0.1) is 16.1 Å². The van der Waals surface area contributed by atoms with Crippen LogP contribution in [0.25, 0.3) is 11.0 Å². The first-order valence-electron chi connectivity index (χ1n) is 7.86. The summed E-state index contributed by atoms with van der Waals surface area (Å²) in [5.74, 6) is 2.18. The van der Waals surface area contributed by atoms with E-state index in [2.05, 4.69) is 31.2 Å². The van der Waals surface area contributed by atoms with Crippen LogP contribution >= 0.6 is 27.5 Å². The molecule has 5 nitrogen and oxygen atoms in total. The number of imidazole rings is 1. The van der Waals surface area contributed by atoms with Gasteiger partial charge in [-0.3, -0.25) is 4.98 Å². The van der Waals surface area contributed by atoms with Crippen LogP contribution in [0.1, 0.15) is 0 Å². The zero-order valence-electron chi connectivity index (χ0n) is 13.8. The van der Waals surface area contributed by atoms with Crippen molar-refractivity contribution in [3.8, 4) is 11.5 Å². The predicted molar refractivity (Wildman–Crippen MR) is 107 cm³/mol. The lowest BCUT2D eigenvalue weighted by Crippen LogP contribution is -1.98. The molecule has 0 fully saturated rings. The number of aryl methyl sites for hydroxylation is 1. The van der Waals surface area contributed by atoms with Crippen LogP contribution in [0, 0.1) is 0 Å². The maximum absolute atomic E-state index is 6.16. The van der Waals surface area contributed by atoms with Crippen molar-refractivity contribution in [2.24, 2.45) is 7.05 Å². The van der Waals surface area contributed by atoms with E-state index in [1.54, 1.807) is 12.4 Å². The van der Waals surface area contributed by atoms with Crippen LogP contribution in [-0.4, -0.2) is 14.5 Å². The monoisotopic (exact) mass is 428 g/mol. The summed E-state index contributed by atoms with van der Waals surface area (Å²) >= 11 is 9.56. The largest absolute Gasteiger partial charge is 0.457 e. The van der Waals surface area contributed by atoms with E-state index in [0.29, 0.717) is 5.02 Å². The summed E-state index contributed by atoms with van der Waals surface area (Å²) < 4.78 is 8.69. The Morgan fingerprint density at radius 2 is 1.85 bits per heavy atom. The molecule has 2 aromatic carbocycles. The number of pyridine rings is 1. The fraction of sp³-hybridized carbons (Fsp3) is 0.0526. The minimum absolute atomic E-state index is 0.641. The summed E-state index contributed by atoms with van der Waals surface area (Å²) in [4.78, 5) is 8.65. The predicted octanol–water partition coefficient (Wildman–Crippen LogP) is 5.92. The normalized spacial score (nSPS) is 10.9. The van der Waals surface area contributed by atoms with Crippen molar-refractivity contribution in [3.05, 3.63) is 70.4 Å². The second-order valence-electron chi connectivity index (χ2n) is 5.68. The molecule has 0 aliphatic carbocycles. The van der Waals surface area contributed by atoms with E-state index in [4.69, 9.17) is 16.3 Å². The van der Waals surface area contributed by atoms with Gasteiger partial charge in [-0.1, -0.05) is 11.6 Å². The first kappa shape index (κ1) is 16.9. The van der Waals surface area contributed by atoms with Gasteiger partial charge in [0.1, 0.15) is 11.5 Å². The maximum atomic E-state index is 6.16. The maximum Gasteiger partial charge on any atom is 0.208 e. The summed E-state index contributed by atoms with van der Waals surface area (Å²) in [6.45, 7) is 0. The van der Waals surface area contributed by atoms with E-state index in [0.717, 1.165) is 38.6 Å². The molecule has 0 saturated heterocycles. The van der Waals surface area contributed by atoms with E-state index in [1.165, 1.54) is 0 Å². The fourth-order valence-corrected chi connectivity index (χ4v) is 3.03. The van der Waals surface area contributed by atoms with Crippen molar-refractivity contribution in [2.45, 2.75) is 0 Å². The molecule has 0 saturated carbocycles. The second kappa shape index (κ2) is 6.97. The smallest absolute Gasteiger partial charge is 0.208 e. The summed E-state index contributed by atoms with van der Waals surface area (Å²) in [5.41, 5.74) is 2.70. The quantitative estimate of drug-likeness (QED) is 0.437. The molecule has 0 aliphatic heterocycles. The van der Waals surface area contributed by atoms with Gasteiger partial charge in [-0.05, 0) is 58.4 Å². The molecule has 0 aliphatic rings. The molecule has 1 N–H and O–H groups in total. The van der Waals surface area contributed by atoms with Gasteiger partial charge in [0.15, 0.2) is 0 Å². The Morgan fingerprint density at radius 1 is 1.04 bits per heavy atom. The molecule has 2 heterocycles. The minimum atomic E-state index is 0.641. The number of nitrogens with zero attached hydrogens (tertiary/aromatic N) is 3. The van der Waals surface area contributed by atoms with Crippen molar-refractivity contribution in [2.75, 3.05) is 5.32 Å². The van der Waals surface area contributed by atoms with Crippen LogP contribution in [0.2, 0.25) is 5.02 Å². The summed E-state index contributed by atoms with van der Waals surface area (Å²) in [7, 11) is 1.96. The number of anilines is 2. The third kappa shape index (κ3) is 3.38. The number of hydrogen-bond donors (Lipinski definition) is 1. The molecule has 4 rings (SSSR count). The Morgan fingerprint density at radius 3 is 2.62 bits per heavy atom. The molecule has 0 bridgehead atoms. The Labute approximate surface area is 163 Å². The highest BCUT2D eigenvalue weighted by atomic mass is 79.9. The van der Waals surface area contributed by atoms with Crippen molar-refractivity contribution in [3.63, 3.8) is 0 Å². The zero-order valence-corrected chi connectivity index (χ0v) is 16.1. The van der Waals surface area contributed by atoms with Gasteiger partial charge in [-0.15, -0.1) is 0 Å². The van der Waals surface area contributed by atoms with Crippen LogP contribution < -0.4 is 10.1 Å². The molecule has 0 radical (unpaired) electrons. The third-order valence-electron chi connectivity index (χ3n) is 3.91. The molecule has 130 valence electrons. The van der Waals surface area contributed by atoms with Crippen molar-refractivity contribution < 1.29 is 4.74 Å². The molecule has 26 heavy (non-hydrogen) atoms. The van der Waals surface area contributed by atoms with Gasteiger partial charge in [0.25, 0.3) is 0 Å². The average Bonchev–Trinajstić information content (AvgIpc) is 2.94. The number of nitrogens with one attached hydrogen (secondary N) is 1. The van der Waals surface area contributed by atoms with Gasteiger partial charge < -0.3 is 14.6 Å². The molecule has 0 amide bonds. The lowest BCUT2D eigenvalue weighted by Gasteiger charge is -2.07. The van der Waals surface area contributed by atoms with E-state index in [9.17, 15) is 0 Å². The lowest BCUT2D eigenvalue weighted by molar-refractivity contribution is 0.482. The number of halogens is 2. The number of aromatic nitrogens is 3. The van der Waals surface area contributed by atoms with Gasteiger partial charge >= 0.3 is 0 Å². The average molecular weight is 430 g/mol. The Bertz CT molecular complexity index is 1080. The molecule has 0 unspecified atom stereocenters. The highest BCUT2D eigenvalue weighted by molar-refractivity contribution is 9.10. The van der Waals surface area contributed by atoms with Gasteiger partial charge in [-0.2, -0.15) is 0 Å². The first-order chi connectivity index (χ1) is 12.6. The Balaban J connectivity index is 1.64. The molecule has 4 aromatic rings. The number of fused-ring (bicyclic) bond motifs is 1. The van der Waals surface area contributed by atoms with E-state index in [1.807, 2.05) is 60.1 Å². The number of hydrogen-bond acceptors (Lipinski definition) is 4. The fourth-order valence-electron chi connectivity index (χ4n) is 2.60. The lowest BCUT2D eigenvalue weighted by atomic mass is 10.3. The van der Waals surface area contributed by atoms with Crippen molar-refractivity contribution in [1.29, 1.82) is 0 Å². The summed E-state index contributed by atoms with van der Waals surface area (Å²) in [6.07, 6.45) is 3.39. The standard InChI is InChI=1S/C19H14BrClN4O/c1-25-18-5-3-14(26-13-6-8-22-9-7-13)11-17(18)24-19(25)23-12-2-4-15(20)16(21)10-12/h2-11H,1H3,(H,23,24). The Hall–Kier alpha value is -2.57. The van der Waals surface area contributed by atoms with Crippen molar-refractivity contribution in [1.82, 2.24) is 14.5 Å². The van der Waals surface area contributed by atoms with Crippen LogP contribution in [0.15, 0.2) is 65.4 Å². The highest BCUT2D eigenvalue weighted by Gasteiger charge is 2.10. The second-order valence-corrected chi connectivity index (χ2v) is 6.95. The van der Waals surface area contributed by atoms with Crippen LogP contribution in [-0.2, 0) is 7.05 Å². The highest BCUT2D eigenvalue weighted by Crippen LogP contribution is 2.30. The van der Waals surface area contributed by atoms with Crippen LogP contribution in [0.5, 0.6) is 11.5 Å². The molecular formula is C19H14BrClN4O. The summed E-state index contributed by atoms with van der Waals surface area (Å²) in [5, 5.41) is 3.94. The third-order valence-corrected chi connectivity index (χ3v) is 5.15. The van der Waals surface area contributed by atoms with Crippen molar-refractivity contribution >= 4 is 50.2 Å². The van der Waals surface area contributed by atoms with Gasteiger partial charge in [0.2, 0.25) is 5.95 Å². The molecule has 7 heteroatoms. The van der Waals surface area contributed by atoms with Gasteiger partial charge in [-0.25, -0.2) is 4.98 Å². The van der Waals surface area contributed by atoms with Gasteiger partial charge in [0, 0.05) is 35.7 Å². The Kier molecular flexibility index (Phi) is 4.53. The molecule has 0 atom stereocenters. The topological polar surface area (TPSA) is 52.0 Å². The van der Waals surface area contributed by atoms with Crippen LogP contribution in [0.3, 0.4) is 0 Å². The van der Waals surface area contributed by atoms with E-state index in [-0.39, 0.29) is 0 Å². The van der Waals surface area contributed by atoms with Crippen LogP contribution in [0.4, 0.5) is 11.6 Å². The zero-order chi connectivity index (χ0) is 18.1. The summed E-state index contributed by atoms with van der Waals surface area (Å²) in [6, 6.07) is 15.1. The SMILES string of the molecule is Cn1c(Nc2ccc(Br)c(Cl)c2)nc2cc(Oc3ccncc3)ccc21. The number of rotatable bonds is 4. The molecule has 0 spiro atoms. The molecular weight excluding hydrogens is 416 g/mol. The number of benzene rings is 2. The minimum Gasteiger partial charge on any atom is -0.457 e. The van der Waals surface area contributed by atoms with E-state index >= 15 is 0 Å². The molecule has 2 aromatic heterocycles. The van der Waals surface area contributed by atoms with E-state index < -0.39 is 0 Å². The number of ether oxygens (including phenoxy) is 1.